The molecule has 94 valence electrons. The van der Waals surface area contributed by atoms with Crippen molar-refractivity contribution in [2.24, 2.45) is 0 Å². The minimum Gasteiger partial charge on any atom is -0.460 e. The van der Waals surface area contributed by atoms with Gasteiger partial charge in [0.05, 0.1) is 18.1 Å². The molecule has 0 radical (unpaired) electrons. The van der Waals surface area contributed by atoms with E-state index in [9.17, 15) is 5.26 Å². The molecule has 0 bridgehead atoms. The van der Waals surface area contributed by atoms with Crippen LogP contribution in [0, 0.1) is 22.7 Å². The highest BCUT2D eigenvalue weighted by atomic mass is 16.5. The largest absolute Gasteiger partial charge is 0.460 e. The lowest BCUT2D eigenvalue weighted by atomic mass is 10.0. The van der Waals surface area contributed by atoms with Gasteiger partial charge in [-0.05, 0) is 31.1 Å². The van der Waals surface area contributed by atoms with Gasteiger partial charge in [0, 0.05) is 6.42 Å². The van der Waals surface area contributed by atoms with Crippen molar-refractivity contribution >= 4 is 0 Å². The van der Waals surface area contributed by atoms with Gasteiger partial charge in [-0.3, -0.25) is 0 Å². The van der Waals surface area contributed by atoms with Crippen LogP contribution in [0.3, 0.4) is 0 Å². The molecule has 1 aromatic rings. The summed E-state index contributed by atoms with van der Waals surface area (Å²) in [6.07, 6.45) is 6.16. The fourth-order valence-electron chi connectivity index (χ4n) is 2.07. The van der Waals surface area contributed by atoms with Gasteiger partial charge in [0.1, 0.15) is 17.6 Å². The maximum atomic E-state index is 9.24. The highest BCUT2D eigenvalue weighted by molar-refractivity contribution is 5.50. The number of nitrogens with zero attached hydrogens (tertiary/aromatic N) is 2. The van der Waals surface area contributed by atoms with Crippen molar-refractivity contribution in [2.75, 3.05) is 0 Å². The Hall–Kier alpha value is -2.52. The summed E-state index contributed by atoms with van der Waals surface area (Å²) in [6.45, 7) is 2.03. The van der Waals surface area contributed by atoms with Crippen LogP contribution in [-0.2, 0) is 6.42 Å². The summed E-state index contributed by atoms with van der Waals surface area (Å²) in [5.41, 5.74) is 2.34. The first kappa shape index (κ1) is 12.9. The van der Waals surface area contributed by atoms with E-state index in [1.54, 1.807) is 12.1 Å². The van der Waals surface area contributed by atoms with Gasteiger partial charge in [-0.2, -0.15) is 10.5 Å². The van der Waals surface area contributed by atoms with E-state index >= 15 is 0 Å². The standard InChI is InChI=1S/C16H14N2O/c1-12-4-2-6-14(10-12)19-16-7-3-5-13(8-9-17)15(16)11-18/h3-5,7,10H,2,6,8H2,1H3. The maximum absolute atomic E-state index is 9.24. The van der Waals surface area contributed by atoms with E-state index in [2.05, 4.69) is 18.2 Å². The highest BCUT2D eigenvalue weighted by Crippen LogP contribution is 2.27. The third kappa shape index (κ3) is 3.03. The Kier molecular flexibility index (Phi) is 4.00. The van der Waals surface area contributed by atoms with Crippen molar-refractivity contribution < 1.29 is 4.74 Å². The van der Waals surface area contributed by atoms with Crippen molar-refractivity contribution in [3.8, 4) is 17.9 Å². The van der Waals surface area contributed by atoms with Crippen LogP contribution in [0.5, 0.6) is 5.75 Å². The van der Waals surface area contributed by atoms with Crippen LogP contribution < -0.4 is 4.74 Å². The van der Waals surface area contributed by atoms with Crippen molar-refractivity contribution in [1.29, 1.82) is 10.5 Å². The zero-order chi connectivity index (χ0) is 13.7. The molecule has 0 amide bonds. The predicted molar refractivity (Wildman–Crippen MR) is 72.2 cm³/mol. The molecule has 0 fully saturated rings. The molecule has 0 saturated carbocycles. The van der Waals surface area contributed by atoms with Gasteiger partial charge in [-0.25, -0.2) is 0 Å². The normalized spacial score (nSPS) is 13.8. The summed E-state index contributed by atoms with van der Waals surface area (Å²) in [4.78, 5) is 0. The zero-order valence-electron chi connectivity index (χ0n) is 10.8. The quantitative estimate of drug-likeness (QED) is 0.823. The first-order valence-electron chi connectivity index (χ1n) is 6.18. The van der Waals surface area contributed by atoms with Crippen LogP contribution in [0.15, 0.2) is 41.7 Å². The van der Waals surface area contributed by atoms with Crippen molar-refractivity contribution in [3.05, 3.63) is 52.8 Å². The molecule has 1 aromatic carbocycles. The third-order valence-electron chi connectivity index (χ3n) is 2.98. The fraction of sp³-hybridized carbons (Fsp3) is 0.250. The van der Waals surface area contributed by atoms with E-state index in [0.29, 0.717) is 16.9 Å². The number of benzene rings is 1. The molecule has 0 aromatic heterocycles. The maximum Gasteiger partial charge on any atom is 0.145 e. The van der Waals surface area contributed by atoms with Gasteiger partial charge < -0.3 is 4.74 Å². The van der Waals surface area contributed by atoms with Crippen LogP contribution in [0.25, 0.3) is 0 Å². The van der Waals surface area contributed by atoms with E-state index in [-0.39, 0.29) is 6.42 Å². The van der Waals surface area contributed by atoms with Crippen LogP contribution in [0.1, 0.15) is 30.9 Å². The Morgan fingerprint density at radius 3 is 2.84 bits per heavy atom. The Labute approximate surface area is 113 Å². The minimum absolute atomic E-state index is 0.220. The molecular weight excluding hydrogens is 236 g/mol. The molecule has 0 saturated heterocycles. The molecule has 3 heteroatoms. The lowest BCUT2D eigenvalue weighted by molar-refractivity contribution is 0.400. The van der Waals surface area contributed by atoms with Gasteiger partial charge >= 0.3 is 0 Å². The van der Waals surface area contributed by atoms with Gasteiger partial charge in [-0.1, -0.05) is 23.8 Å². The topological polar surface area (TPSA) is 56.8 Å². The minimum atomic E-state index is 0.220. The molecule has 3 nitrogen and oxygen atoms in total. The second-order valence-corrected chi connectivity index (χ2v) is 4.44. The molecule has 0 heterocycles. The van der Waals surface area contributed by atoms with Crippen LogP contribution >= 0.6 is 0 Å². The summed E-state index contributed by atoms with van der Waals surface area (Å²) in [5.74, 6) is 1.40. The SMILES string of the molecule is CC1=CCCC(Oc2cccc(CC#N)c2C#N)=C1. The summed E-state index contributed by atoms with van der Waals surface area (Å²) in [7, 11) is 0. The zero-order valence-corrected chi connectivity index (χ0v) is 10.8. The Bertz CT molecular complexity index is 627. The van der Waals surface area contributed by atoms with E-state index in [4.69, 9.17) is 10.00 Å². The van der Waals surface area contributed by atoms with E-state index in [1.165, 1.54) is 5.57 Å². The average molecular weight is 250 g/mol. The van der Waals surface area contributed by atoms with E-state index in [0.717, 1.165) is 18.6 Å². The van der Waals surface area contributed by atoms with E-state index < -0.39 is 0 Å². The van der Waals surface area contributed by atoms with Crippen LogP contribution in [-0.4, -0.2) is 0 Å². The van der Waals surface area contributed by atoms with Crippen molar-refractivity contribution in [3.63, 3.8) is 0 Å². The molecule has 19 heavy (non-hydrogen) atoms. The fourth-order valence-corrected chi connectivity index (χ4v) is 2.07. The molecule has 0 aliphatic heterocycles. The van der Waals surface area contributed by atoms with Crippen LogP contribution in [0.2, 0.25) is 0 Å². The van der Waals surface area contributed by atoms with E-state index in [1.807, 2.05) is 19.1 Å². The Morgan fingerprint density at radius 2 is 2.16 bits per heavy atom. The number of hydrogen-bond acceptors (Lipinski definition) is 3. The third-order valence-corrected chi connectivity index (χ3v) is 2.98. The number of allylic oxidation sites excluding steroid dienone is 4. The Balaban J connectivity index is 2.31. The number of hydrogen-bond donors (Lipinski definition) is 0. The van der Waals surface area contributed by atoms with Crippen molar-refractivity contribution in [1.82, 2.24) is 0 Å². The first-order chi connectivity index (χ1) is 9.24. The lowest BCUT2D eigenvalue weighted by Gasteiger charge is -2.15. The monoisotopic (exact) mass is 250 g/mol. The number of ether oxygens (including phenoxy) is 1. The average Bonchev–Trinajstić information content (AvgIpc) is 2.39. The molecule has 0 unspecified atom stereocenters. The second kappa shape index (κ2) is 5.89. The summed E-state index contributed by atoms with van der Waals surface area (Å²) < 4.78 is 5.82. The summed E-state index contributed by atoms with van der Waals surface area (Å²) >= 11 is 0. The predicted octanol–water partition coefficient (Wildman–Crippen LogP) is 3.63. The molecule has 0 spiro atoms. The molecular formula is C16H14N2O. The van der Waals surface area contributed by atoms with Crippen LogP contribution in [0.4, 0.5) is 0 Å². The summed E-state index contributed by atoms with van der Waals surface area (Å²) in [5, 5.41) is 18.0. The molecule has 1 aliphatic rings. The molecule has 1 aliphatic carbocycles. The van der Waals surface area contributed by atoms with Gasteiger partial charge in [-0.15, -0.1) is 0 Å². The first-order valence-corrected chi connectivity index (χ1v) is 6.18. The molecule has 0 N–H and O–H groups in total. The smallest absolute Gasteiger partial charge is 0.145 e. The number of nitriles is 2. The van der Waals surface area contributed by atoms with Crippen molar-refractivity contribution in [2.45, 2.75) is 26.2 Å². The Morgan fingerprint density at radius 1 is 1.32 bits per heavy atom. The molecule has 2 rings (SSSR count). The van der Waals surface area contributed by atoms with Gasteiger partial charge in [0.2, 0.25) is 0 Å². The second-order valence-electron chi connectivity index (χ2n) is 4.44. The summed E-state index contributed by atoms with van der Waals surface area (Å²) in [6, 6.07) is 9.57. The van der Waals surface area contributed by atoms with Gasteiger partial charge in [0.15, 0.2) is 0 Å². The van der Waals surface area contributed by atoms with Gasteiger partial charge in [0.25, 0.3) is 0 Å². The highest BCUT2D eigenvalue weighted by Gasteiger charge is 2.12. The molecule has 0 atom stereocenters. The lowest BCUT2D eigenvalue weighted by Crippen LogP contribution is -2.02. The number of rotatable bonds is 3.